The minimum Gasteiger partial charge on any atom is -0.459 e. The first-order chi connectivity index (χ1) is 24.4. The molecule has 1 N–H and O–H groups in total. The smallest absolute Gasteiger partial charge is 0.309 e. The number of carbonyl (C=O) groups excluding carboxylic acids is 2. The molecule has 0 amide bonds. The summed E-state index contributed by atoms with van der Waals surface area (Å²) in [4.78, 5) is 33.2. The number of hydrogen-bond donors (Lipinski definition) is 1. The number of esters is 1. The van der Waals surface area contributed by atoms with E-state index in [1.165, 1.54) is 0 Å². The zero-order valence-corrected chi connectivity index (χ0v) is 33.7. The quantitative estimate of drug-likeness (QED) is 0.272. The maximum atomic E-state index is 14.3. The molecule has 9 nitrogen and oxygen atoms in total. The van der Waals surface area contributed by atoms with E-state index in [2.05, 4.69) is 45.7 Å². The molecule has 0 spiro atoms. The average Bonchev–Trinajstić information content (AvgIpc) is 3.11. The molecule has 290 valence electrons. The van der Waals surface area contributed by atoms with Crippen LogP contribution in [0.3, 0.4) is 0 Å². The van der Waals surface area contributed by atoms with Crippen LogP contribution in [0, 0.1) is 35.5 Å². The molecule has 2 saturated heterocycles. The van der Waals surface area contributed by atoms with Crippen molar-refractivity contribution in [2.24, 2.45) is 35.5 Å². The molecule has 0 bridgehead atoms. The van der Waals surface area contributed by atoms with E-state index in [1.807, 2.05) is 57.2 Å². The van der Waals surface area contributed by atoms with Crippen molar-refractivity contribution in [3.63, 3.8) is 0 Å². The lowest BCUT2D eigenvalue weighted by Gasteiger charge is -2.49. The number of rotatable bonds is 8. The van der Waals surface area contributed by atoms with Crippen molar-refractivity contribution in [3.8, 4) is 0 Å². The van der Waals surface area contributed by atoms with Crippen LogP contribution in [0.4, 0.5) is 0 Å². The van der Waals surface area contributed by atoms with Gasteiger partial charge in [-0.3, -0.25) is 14.6 Å². The van der Waals surface area contributed by atoms with Gasteiger partial charge in [-0.15, -0.1) is 0 Å². The molecular weight excluding hydrogens is 658 g/mol. The average molecular weight is 724 g/mol. The Morgan fingerprint density at radius 3 is 2.31 bits per heavy atom. The predicted molar refractivity (Wildman–Crippen MR) is 205 cm³/mol. The zero-order chi connectivity index (χ0) is 38.6. The van der Waals surface area contributed by atoms with Gasteiger partial charge in [-0.25, -0.2) is 0 Å². The van der Waals surface area contributed by atoms with E-state index in [1.54, 1.807) is 34.3 Å². The van der Waals surface area contributed by atoms with Crippen LogP contribution in [-0.4, -0.2) is 83.9 Å². The summed E-state index contributed by atoms with van der Waals surface area (Å²) in [5, 5.41) is 13.4. The number of nitrogens with zero attached hydrogens (tertiary/aromatic N) is 1. The highest BCUT2D eigenvalue weighted by molar-refractivity contribution is 5.84. The van der Waals surface area contributed by atoms with Gasteiger partial charge in [0, 0.05) is 56.4 Å². The number of fused-ring (bicyclic) bond motifs is 1. The van der Waals surface area contributed by atoms with Crippen LogP contribution in [0.2, 0.25) is 0 Å². The number of hydrogen-bond acceptors (Lipinski definition) is 9. The van der Waals surface area contributed by atoms with Crippen molar-refractivity contribution >= 4 is 28.7 Å². The molecule has 3 heterocycles. The fourth-order valence-corrected chi connectivity index (χ4v) is 9.22. The third-order valence-electron chi connectivity index (χ3n) is 12.7. The van der Waals surface area contributed by atoms with Gasteiger partial charge in [0.2, 0.25) is 0 Å². The van der Waals surface area contributed by atoms with E-state index in [0.717, 1.165) is 22.9 Å². The molecule has 0 saturated carbocycles. The van der Waals surface area contributed by atoms with Crippen LogP contribution in [-0.2, 0) is 33.3 Å². The van der Waals surface area contributed by atoms with Crippen molar-refractivity contribution in [3.05, 3.63) is 48.2 Å². The normalized spacial score (nSPS) is 40.1. The molecule has 2 unspecified atom stereocenters. The Balaban J connectivity index is 1.71. The zero-order valence-electron chi connectivity index (χ0n) is 33.7. The van der Waals surface area contributed by atoms with Crippen LogP contribution >= 0.6 is 0 Å². The maximum Gasteiger partial charge on any atom is 0.309 e. The fraction of sp³-hybridized carbons (Fsp3) is 0.698. The number of cyclic esters (lactones) is 1. The molecule has 1 aromatic carbocycles. The number of para-hydroxylation sites is 1. The Kier molecular flexibility index (Phi) is 13.9. The molecule has 2 aliphatic rings. The van der Waals surface area contributed by atoms with Crippen molar-refractivity contribution in [1.29, 1.82) is 0 Å². The Morgan fingerprint density at radius 2 is 1.65 bits per heavy atom. The van der Waals surface area contributed by atoms with Crippen LogP contribution in [0.1, 0.15) is 100 Å². The molecule has 2 aromatic rings. The highest BCUT2D eigenvalue weighted by Crippen LogP contribution is 2.46. The standard InChI is InChI=1S/C43H65NO8/c1-13-36-43(10,47)39(50-20-16-17-32-21-33-18-14-15-19-34(33)44-25-32)30(6)38(45)26(2)22-42(9,49-12)31(7)28(4)37(29(5)40(46)52-36)35-24-41(8,48-11)23-27(3)51-35/h14-19,21,25-31,35-37,39,47H,13,20,22-24H2,1-12H3/b17-16+/t26-,27+,28-,29-,30+,31-,35-,36-,37?,39-,41+,42-,43?/m1/s1. The molecule has 4 rings (SSSR count). The summed E-state index contributed by atoms with van der Waals surface area (Å²) >= 11 is 0. The lowest BCUT2D eigenvalue weighted by molar-refractivity contribution is -0.207. The van der Waals surface area contributed by atoms with E-state index < -0.39 is 52.7 Å². The maximum absolute atomic E-state index is 14.3. The summed E-state index contributed by atoms with van der Waals surface area (Å²) in [7, 11) is 3.43. The second-order valence-electron chi connectivity index (χ2n) is 16.6. The summed E-state index contributed by atoms with van der Waals surface area (Å²) in [6.45, 7) is 19.8. The Hall–Kier alpha value is -2.69. The topological polar surface area (TPSA) is 113 Å². The number of ketones is 1. The number of pyridine rings is 1. The SMILES string of the molecule is CC[C@H]1OC(=O)[C@H](C)C([C@H]2C[C@@](C)(OC)C[C@H](C)O2)[C@H](C)[C@@H](C)[C@](C)(OC)C[C@@H](C)C(=O)[C@H](C)[C@@H](OC/C=C/c2cnc3ccccc3c2)C1(C)O. The number of Topliss-reactive ketones (excluding diaryl/α,β-unsaturated/α-hetero) is 1. The highest BCUT2D eigenvalue weighted by atomic mass is 16.6. The molecule has 9 heteroatoms. The summed E-state index contributed by atoms with van der Waals surface area (Å²) < 4.78 is 31.7. The predicted octanol–water partition coefficient (Wildman–Crippen LogP) is 7.85. The van der Waals surface area contributed by atoms with Crippen molar-refractivity contribution in [2.45, 2.75) is 136 Å². The number of benzene rings is 1. The molecule has 1 aromatic heterocycles. The van der Waals surface area contributed by atoms with Gasteiger partial charge in [0.1, 0.15) is 17.5 Å². The molecular formula is C43H65NO8. The lowest BCUT2D eigenvalue weighted by atomic mass is 9.65. The second-order valence-corrected chi connectivity index (χ2v) is 16.6. The minimum absolute atomic E-state index is 0.0421. The van der Waals surface area contributed by atoms with Gasteiger partial charge >= 0.3 is 5.97 Å². The van der Waals surface area contributed by atoms with Gasteiger partial charge in [-0.05, 0) is 70.1 Å². The highest BCUT2D eigenvalue weighted by Gasteiger charge is 2.52. The van der Waals surface area contributed by atoms with Gasteiger partial charge in [0.05, 0.1) is 47.6 Å². The largest absolute Gasteiger partial charge is 0.459 e. The Morgan fingerprint density at radius 1 is 0.962 bits per heavy atom. The number of carbonyl (C=O) groups is 2. The van der Waals surface area contributed by atoms with Crippen molar-refractivity contribution in [2.75, 3.05) is 20.8 Å². The molecule has 52 heavy (non-hydrogen) atoms. The van der Waals surface area contributed by atoms with E-state index in [9.17, 15) is 14.7 Å². The number of ether oxygens (including phenoxy) is 5. The summed E-state index contributed by atoms with van der Waals surface area (Å²) in [6, 6.07) is 9.97. The third-order valence-corrected chi connectivity index (χ3v) is 12.7. The third kappa shape index (κ3) is 9.15. The summed E-state index contributed by atoms with van der Waals surface area (Å²) in [5.41, 5.74) is -0.977. The monoisotopic (exact) mass is 723 g/mol. The Bertz CT molecular complexity index is 1540. The van der Waals surface area contributed by atoms with Crippen LogP contribution in [0.25, 0.3) is 17.0 Å². The van der Waals surface area contributed by atoms with Crippen LogP contribution in [0.5, 0.6) is 0 Å². The van der Waals surface area contributed by atoms with Crippen LogP contribution < -0.4 is 0 Å². The van der Waals surface area contributed by atoms with Gasteiger partial charge < -0.3 is 28.8 Å². The molecule has 2 aliphatic heterocycles. The molecule has 0 radical (unpaired) electrons. The van der Waals surface area contributed by atoms with Gasteiger partial charge in [0.15, 0.2) is 0 Å². The van der Waals surface area contributed by atoms with Gasteiger partial charge in [0.25, 0.3) is 0 Å². The van der Waals surface area contributed by atoms with Gasteiger partial charge in [-0.2, -0.15) is 0 Å². The summed E-state index contributed by atoms with van der Waals surface area (Å²) in [6.07, 6.45) is 5.49. The van der Waals surface area contributed by atoms with E-state index >= 15 is 0 Å². The lowest BCUT2D eigenvalue weighted by Crippen LogP contribution is -2.58. The fourth-order valence-electron chi connectivity index (χ4n) is 9.22. The number of aliphatic hydroxyl groups is 1. The van der Waals surface area contributed by atoms with Gasteiger partial charge in [-0.1, -0.05) is 71.9 Å². The number of methoxy groups -OCH3 is 2. The van der Waals surface area contributed by atoms with E-state index in [-0.39, 0.29) is 42.4 Å². The van der Waals surface area contributed by atoms with E-state index in [4.69, 9.17) is 23.7 Å². The minimum atomic E-state index is -1.69. The number of aromatic nitrogens is 1. The van der Waals surface area contributed by atoms with E-state index in [0.29, 0.717) is 19.3 Å². The molecule has 13 atom stereocenters. The molecule has 0 aliphatic carbocycles. The molecule has 2 fully saturated rings. The first-order valence-corrected chi connectivity index (χ1v) is 19.3. The van der Waals surface area contributed by atoms with Crippen molar-refractivity contribution < 1.29 is 38.4 Å². The summed E-state index contributed by atoms with van der Waals surface area (Å²) in [5.74, 6) is -2.52. The van der Waals surface area contributed by atoms with Crippen LogP contribution in [0.15, 0.2) is 42.6 Å². The first-order valence-electron chi connectivity index (χ1n) is 19.3. The Labute approximate surface area is 312 Å². The van der Waals surface area contributed by atoms with Crippen molar-refractivity contribution in [1.82, 2.24) is 4.98 Å². The second kappa shape index (κ2) is 17.2. The first kappa shape index (κ1) is 42.1.